The summed E-state index contributed by atoms with van der Waals surface area (Å²) >= 11 is 0. The van der Waals surface area contributed by atoms with Crippen molar-refractivity contribution in [2.75, 3.05) is 13.2 Å². The monoisotopic (exact) mass is 544 g/mol. The molecule has 7 heteroatoms. The van der Waals surface area contributed by atoms with E-state index in [0.717, 1.165) is 23.1 Å². The van der Waals surface area contributed by atoms with Crippen molar-refractivity contribution in [1.82, 2.24) is 20.6 Å². The molecule has 1 unspecified atom stereocenters. The van der Waals surface area contributed by atoms with Crippen LogP contribution in [0.3, 0.4) is 0 Å². The molecule has 0 aliphatic carbocycles. The van der Waals surface area contributed by atoms with Gasteiger partial charge < -0.3 is 15.4 Å². The number of nitrogens with zero attached hydrogens (tertiary/aromatic N) is 2. The Morgan fingerprint density at radius 2 is 1.54 bits per heavy atom. The van der Waals surface area contributed by atoms with Crippen molar-refractivity contribution in [1.29, 1.82) is 0 Å². The third-order valence-corrected chi connectivity index (χ3v) is 6.82. The summed E-state index contributed by atoms with van der Waals surface area (Å²) in [5.41, 5.74) is 4.44. The molecular formula is C34H32N4O3. The van der Waals surface area contributed by atoms with E-state index in [-0.39, 0.29) is 37.4 Å². The highest BCUT2D eigenvalue weighted by molar-refractivity contribution is 6.10. The van der Waals surface area contributed by atoms with Crippen LogP contribution in [-0.2, 0) is 11.2 Å². The summed E-state index contributed by atoms with van der Waals surface area (Å²) in [7, 11) is 0. The predicted octanol–water partition coefficient (Wildman–Crippen LogP) is 5.92. The van der Waals surface area contributed by atoms with Crippen LogP contribution in [-0.4, -0.2) is 34.9 Å². The Morgan fingerprint density at radius 3 is 2.27 bits per heavy atom. The molecule has 2 aromatic heterocycles. The van der Waals surface area contributed by atoms with Gasteiger partial charge in [0, 0.05) is 23.3 Å². The smallest absolute Gasteiger partial charge is 0.256 e. The van der Waals surface area contributed by atoms with Gasteiger partial charge in [0.2, 0.25) is 5.91 Å². The number of para-hydroxylation sites is 1. The number of hydrogen-bond donors (Lipinski definition) is 2. The molecule has 2 N–H and O–H groups in total. The molecule has 2 heterocycles. The summed E-state index contributed by atoms with van der Waals surface area (Å²) in [5, 5.41) is 6.83. The quantitative estimate of drug-likeness (QED) is 0.202. The Labute approximate surface area is 239 Å². The van der Waals surface area contributed by atoms with Crippen LogP contribution in [0.5, 0.6) is 5.75 Å². The van der Waals surface area contributed by atoms with Crippen LogP contribution in [0.2, 0.25) is 0 Å². The maximum atomic E-state index is 14.1. The predicted molar refractivity (Wildman–Crippen MR) is 161 cm³/mol. The fraction of sp³-hybridized carbons (Fsp3) is 0.176. The van der Waals surface area contributed by atoms with E-state index in [9.17, 15) is 9.59 Å². The standard InChI is InChI=1S/C34H32N4O3/c1-2-28(25-11-5-3-6-12-25)38-34(40)31-27-15-9-10-16-29(27)37-32(26-13-7-4-8-14-26)33(31)41-22-21-36-30(39)23-24-17-19-35-20-18-24/h3-20,28H,2,21-23H2,1H3,(H,36,39)(H,38,40). The molecule has 5 aromatic rings. The first-order valence-electron chi connectivity index (χ1n) is 13.8. The molecule has 0 fully saturated rings. The summed E-state index contributed by atoms with van der Waals surface area (Å²) in [5.74, 6) is 0.0261. The first kappa shape index (κ1) is 27.5. The van der Waals surface area contributed by atoms with Gasteiger partial charge in [-0.25, -0.2) is 4.98 Å². The lowest BCUT2D eigenvalue weighted by atomic mass is 10.00. The van der Waals surface area contributed by atoms with Gasteiger partial charge in [-0.15, -0.1) is 0 Å². The Balaban J connectivity index is 1.46. The van der Waals surface area contributed by atoms with Gasteiger partial charge in [0.25, 0.3) is 5.91 Å². The number of aromatic nitrogens is 2. The summed E-state index contributed by atoms with van der Waals surface area (Å²) in [6.45, 7) is 2.48. The summed E-state index contributed by atoms with van der Waals surface area (Å²) in [4.78, 5) is 35.5. The van der Waals surface area contributed by atoms with Crippen molar-refractivity contribution < 1.29 is 14.3 Å². The molecule has 2 amide bonds. The minimum absolute atomic E-state index is 0.119. The summed E-state index contributed by atoms with van der Waals surface area (Å²) in [6.07, 6.45) is 4.30. The average Bonchev–Trinajstić information content (AvgIpc) is 3.02. The number of carbonyl (C=O) groups is 2. The van der Waals surface area contributed by atoms with Crippen molar-refractivity contribution >= 4 is 22.7 Å². The van der Waals surface area contributed by atoms with E-state index in [4.69, 9.17) is 9.72 Å². The van der Waals surface area contributed by atoms with Gasteiger partial charge in [0.15, 0.2) is 5.75 Å². The molecule has 1 atom stereocenters. The van der Waals surface area contributed by atoms with Crippen molar-refractivity contribution in [3.63, 3.8) is 0 Å². The van der Waals surface area contributed by atoms with Crippen LogP contribution >= 0.6 is 0 Å². The molecule has 0 saturated carbocycles. The number of rotatable bonds is 11. The fourth-order valence-electron chi connectivity index (χ4n) is 4.78. The van der Waals surface area contributed by atoms with E-state index in [0.29, 0.717) is 27.9 Å². The van der Waals surface area contributed by atoms with E-state index >= 15 is 0 Å². The van der Waals surface area contributed by atoms with E-state index in [1.165, 1.54) is 0 Å². The highest BCUT2D eigenvalue weighted by Crippen LogP contribution is 2.37. The zero-order valence-corrected chi connectivity index (χ0v) is 22.9. The number of hydrogen-bond acceptors (Lipinski definition) is 5. The lowest BCUT2D eigenvalue weighted by Crippen LogP contribution is -2.31. The molecular weight excluding hydrogens is 512 g/mol. The lowest BCUT2D eigenvalue weighted by molar-refractivity contribution is -0.120. The van der Waals surface area contributed by atoms with Crippen LogP contribution in [0.15, 0.2) is 109 Å². The second kappa shape index (κ2) is 13.3. The Bertz CT molecular complexity index is 1610. The topological polar surface area (TPSA) is 93.2 Å². The maximum absolute atomic E-state index is 14.1. The number of carbonyl (C=O) groups excluding carboxylic acids is 2. The van der Waals surface area contributed by atoms with Crippen molar-refractivity contribution in [3.05, 3.63) is 126 Å². The molecule has 0 saturated heterocycles. The van der Waals surface area contributed by atoms with Gasteiger partial charge in [-0.2, -0.15) is 0 Å². The number of fused-ring (bicyclic) bond motifs is 1. The fourth-order valence-corrected chi connectivity index (χ4v) is 4.78. The molecule has 0 aliphatic heterocycles. The minimum Gasteiger partial charge on any atom is -0.489 e. The molecule has 206 valence electrons. The third kappa shape index (κ3) is 6.76. The third-order valence-electron chi connectivity index (χ3n) is 6.82. The van der Waals surface area contributed by atoms with Crippen molar-refractivity contribution in [2.45, 2.75) is 25.8 Å². The molecule has 0 aliphatic rings. The highest BCUT2D eigenvalue weighted by atomic mass is 16.5. The van der Waals surface area contributed by atoms with Gasteiger partial charge >= 0.3 is 0 Å². The van der Waals surface area contributed by atoms with Gasteiger partial charge in [-0.05, 0) is 35.7 Å². The van der Waals surface area contributed by atoms with Gasteiger partial charge in [-0.3, -0.25) is 14.6 Å². The Kier molecular flexibility index (Phi) is 8.96. The van der Waals surface area contributed by atoms with Crippen LogP contribution in [0.1, 0.15) is 40.9 Å². The second-order valence-electron chi connectivity index (χ2n) is 9.62. The number of pyridine rings is 2. The van der Waals surface area contributed by atoms with E-state index < -0.39 is 0 Å². The summed E-state index contributed by atoms with van der Waals surface area (Å²) in [6, 6.07) is 30.6. The van der Waals surface area contributed by atoms with Crippen LogP contribution in [0.4, 0.5) is 0 Å². The van der Waals surface area contributed by atoms with E-state index in [1.54, 1.807) is 12.4 Å². The number of benzene rings is 3. The van der Waals surface area contributed by atoms with Gasteiger partial charge in [0.1, 0.15) is 12.3 Å². The maximum Gasteiger partial charge on any atom is 0.256 e. The largest absolute Gasteiger partial charge is 0.489 e. The van der Waals surface area contributed by atoms with E-state index in [1.807, 2.05) is 104 Å². The van der Waals surface area contributed by atoms with Crippen LogP contribution < -0.4 is 15.4 Å². The number of nitrogens with one attached hydrogen (secondary N) is 2. The van der Waals surface area contributed by atoms with E-state index in [2.05, 4.69) is 15.6 Å². The number of ether oxygens (including phenoxy) is 1. The summed E-state index contributed by atoms with van der Waals surface area (Å²) < 4.78 is 6.33. The molecule has 5 rings (SSSR count). The molecule has 0 radical (unpaired) electrons. The van der Waals surface area contributed by atoms with Crippen molar-refractivity contribution in [3.8, 4) is 17.0 Å². The van der Waals surface area contributed by atoms with Crippen LogP contribution in [0, 0.1) is 0 Å². The Hall–Kier alpha value is -5.04. The Morgan fingerprint density at radius 1 is 0.854 bits per heavy atom. The molecule has 41 heavy (non-hydrogen) atoms. The van der Waals surface area contributed by atoms with Gasteiger partial charge in [0.05, 0.1) is 30.1 Å². The SMILES string of the molecule is CCC(NC(=O)c1c(OCCNC(=O)Cc2ccncc2)c(-c2ccccc2)nc2ccccc12)c1ccccc1. The average molecular weight is 545 g/mol. The highest BCUT2D eigenvalue weighted by Gasteiger charge is 2.25. The lowest BCUT2D eigenvalue weighted by Gasteiger charge is -2.21. The first-order valence-corrected chi connectivity index (χ1v) is 13.8. The normalized spacial score (nSPS) is 11.5. The molecule has 0 spiro atoms. The second-order valence-corrected chi connectivity index (χ2v) is 9.62. The van der Waals surface area contributed by atoms with Crippen molar-refractivity contribution in [2.24, 2.45) is 0 Å². The zero-order valence-electron chi connectivity index (χ0n) is 22.9. The number of amides is 2. The van der Waals surface area contributed by atoms with Gasteiger partial charge in [-0.1, -0.05) is 85.8 Å². The zero-order chi connectivity index (χ0) is 28.4. The first-order chi connectivity index (χ1) is 20.1. The molecule has 3 aromatic carbocycles. The van der Waals surface area contributed by atoms with Crippen LogP contribution in [0.25, 0.3) is 22.2 Å². The molecule has 7 nitrogen and oxygen atoms in total. The molecule has 0 bridgehead atoms. The minimum atomic E-state index is -0.242.